The molecule has 0 aliphatic carbocycles. The first kappa shape index (κ1) is 14.8. The third-order valence-electron chi connectivity index (χ3n) is 2.31. The van der Waals surface area contributed by atoms with Crippen LogP contribution in [0.15, 0.2) is 5.16 Å². The summed E-state index contributed by atoms with van der Waals surface area (Å²) in [5.41, 5.74) is 0. The number of rotatable bonds is 8. The molecule has 18 heavy (non-hydrogen) atoms. The molecule has 0 aliphatic rings. The average Bonchev–Trinajstić information content (AvgIpc) is 2.76. The van der Waals surface area contributed by atoms with E-state index in [4.69, 9.17) is 9.84 Å². The molecule has 0 bridgehead atoms. The summed E-state index contributed by atoms with van der Waals surface area (Å²) in [4.78, 5) is 12.5. The number of carboxylic acid groups (broad SMARTS) is 1. The van der Waals surface area contributed by atoms with Crippen molar-refractivity contribution in [3.8, 4) is 0 Å². The number of thioether (sulfide) groups is 1. The lowest BCUT2D eigenvalue weighted by Crippen LogP contribution is -2.25. The van der Waals surface area contributed by atoms with Gasteiger partial charge >= 0.3 is 5.97 Å². The largest absolute Gasteiger partial charge is 0.481 e. The van der Waals surface area contributed by atoms with Crippen LogP contribution in [0.2, 0.25) is 0 Å². The van der Waals surface area contributed by atoms with E-state index >= 15 is 0 Å². The number of hydrogen-bond donors (Lipinski definition) is 1. The highest BCUT2D eigenvalue weighted by Crippen LogP contribution is 2.20. The summed E-state index contributed by atoms with van der Waals surface area (Å²) in [7, 11) is 3.55. The van der Waals surface area contributed by atoms with Crippen LogP contribution in [0.25, 0.3) is 0 Å². The van der Waals surface area contributed by atoms with Crippen molar-refractivity contribution in [1.29, 1.82) is 0 Å². The minimum atomic E-state index is -0.861. The van der Waals surface area contributed by atoms with Crippen molar-refractivity contribution in [1.82, 2.24) is 14.8 Å². The van der Waals surface area contributed by atoms with E-state index in [2.05, 4.69) is 10.2 Å². The quantitative estimate of drug-likeness (QED) is 0.694. The Morgan fingerprint density at radius 1 is 1.56 bits per heavy atom. The highest BCUT2D eigenvalue weighted by atomic mass is 32.2. The fraction of sp³-hybridized carbons (Fsp3) is 0.700. The van der Waals surface area contributed by atoms with Gasteiger partial charge in [0.15, 0.2) is 5.16 Å². The van der Waals surface area contributed by atoms with Crippen molar-refractivity contribution < 1.29 is 14.6 Å². The highest BCUT2D eigenvalue weighted by molar-refractivity contribution is 7.99. The summed E-state index contributed by atoms with van der Waals surface area (Å²) in [5, 5.41) is 17.4. The summed E-state index contributed by atoms with van der Waals surface area (Å²) in [6.45, 7) is 3.98. The normalized spacial score (nSPS) is 10.6. The molecular weight excluding hydrogens is 256 g/mol. The van der Waals surface area contributed by atoms with E-state index in [9.17, 15) is 4.79 Å². The molecule has 0 aromatic carbocycles. The summed E-state index contributed by atoms with van der Waals surface area (Å²) < 4.78 is 6.90. The van der Waals surface area contributed by atoms with Crippen molar-refractivity contribution in [3.05, 3.63) is 0 Å². The van der Waals surface area contributed by atoms with Gasteiger partial charge in [-0.1, -0.05) is 11.8 Å². The van der Waals surface area contributed by atoms with Crippen LogP contribution in [0.5, 0.6) is 0 Å². The van der Waals surface area contributed by atoms with Crippen molar-refractivity contribution in [3.63, 3.8) is 0 Å². The number of ether oxygens (including phenoxy) is 1. The summed E-state index contributed by atoms with van der Waals surface area (Å²) in [6.07, 6.45) is 0. The zero-order valence-electron chi connectivity index (χ0n) is 10.8. The van der Waals surface area contributed by atoms with Gasteiger partial charge in [0.2, 0.25) is 5.95 Å². The van der Waals surface area contributed by atoms with Crippen LogP contribution in [-0.2, 0) is 16.1 Å². The first-order chi connectivity index (χ1) is 8.60. The predicted molar refractivity (Wildman–Crippen MR) is 69.2 cm³/mol. The zero-order chi connectivity index (χ0) is 13.5. The van der Waals surface area contributed by atoms with E-state index < -0.39 is 5.97 Å². The van der Waals surface area contributed by atoms with E-state index in [0.29, 0.717) is 24.9 Å². The van der Waals surface area contributed by atoms with Crippen LogP contribution in [0.1, 0.15) is 6.92 Å². The summed E-state index contributed by atoms with van der Waals surface area (Å²) in [5.74, 6) is -0.151. The Labute approximate surface area is 110 Å². The average molecular weight is 274 g/mol. The van der Waals surface area contributed by atoms with Gasteiger partial charge in [0.25, 0.3) is 0 Å². The minimum absolute atomic E-state index is 0.0140. The van der Waals surface area contributed by atoms with Crippen molar-refractivity contribution >= 4 is 23.7 Å². The number of anilines is 1. The van der Waals surface area contributed by atoms with Gasteiger partial charge in [-0.05, 0) is 6.92 Å². The summed E-state index contributed by atoms with van der Waals surface area (Å²) in [6, 6.07) is 0. The summed E-state index contributed by atoms with van der Waals surface area (Å²) >= 11 is 1.17. The zero-order valence-corrected chi connectivity index (χ0v) is 11.6. The first-order valence-corrected chi connectivity index (χ1v) is 6.56. The molecule has 0 aliphatic heterocycles. The van der Waals surface area contributed by atoms with Gasteiger partial charge in [-0.3, -0.25) is 9.36 Å². The molecule has 7 nitrogen and oxygen atoms in total. The second-order valence-electron chi connectivity index (χ2n) is 3.62. The fourth-order valence-electron chi connectivity index (χ4n) is 1.40. The Bertz CT molecular complexity index is 396. The van der Waals surface area contributed by atoms with Crippen molar-refractivity contribution in [2.45, 2.75) is 18.6 Å². The maximum Gasteiger partial charge on any atom is 0.313 e. The van der Waals surface area contributed by atoms with Crippen LogP contribution >= 0.6 is 11.8 Å². The van der Waals surface area contributed by atoms with Crippen LogP contribution in [0.4, 0.5) is 5.95 Å². The molecule has 0 saturated carbocycles. The minimum Gasteiger partial charge on any atom is -0.481 e. The number of methoxy groups -OCH3 is 1. The lowest BCUT2D eigenvalue weighted by molar-refractivity contribution is -0.133. The van der Waals surface area contributed by atoms with Gasteiger partial charge in [0, 0.05) is 27.2 Å². The molecule has 0 radical (unpaired) electrons. The maximum atomic E-state index is 10.5. The third-order valence-corrected chi connectivity index (χ3v) is 3.26. The Hall–Kier alpha value is -1.28. The van der Waals surface area contributed by atoms with Gasteiger partial charge in [0.05, 0.1) is 12.4 Å². The number of carbonyl (C=O) groups is 1. The molecule has 1 aromatic rings. The van der Waals surface area contributed by atoms with Gasteiger partial charge in [-0.15, -0.1) is 10.2 Å². The molecule has 1 aromatic heterocycles. The second kappa shape index (κ2) is 7.22. The number of aliphatic carboxylic acids is 1. The fourth-order valence-corrected chi connectivity index (χ4v) is 2.12. The Morgan fingerprint density at radius 2 is 2.28 bits per heavy atom. The molecule has 1 rings (SSSR count). The van der Waals surface area contributed by atoms with Crippen LogP contribution < -0.4 is 4.90 Å². The molecule has 1 heterocycles. The van der Waals surface area contributed by atoms with E-state index in [-0.39, 0.29) is 5.75 Å². The molecule has 0 spiro atoms. The molecule has 0 atom stereocenters. The second-order valence-corrected chi connectivity index (χ2v) is 4.57. The molecule has 0 saturated heterocycles. The Morgan fingerprint density at radius 3 is 2.83 bits per heavy atom. The smallest absolute Gasteiger partial charge is 0.313 e. The molecule has 102 valence electrons. The number of carboxylic acids is 1. The third kappa shape index (κ3) is 3.88. The standard InChI is InChI=1S/C10H18N4O3S/c1-4-14-9(13(2)5-6-17-3)11-12-10(14)18-7-8(15)16/h4-7H2,1-3H3,(H,15,16). The first-order valence-electron chi connectivity index (χ1n) is 5.58. The topological polar surface area (TPSA) is 80.5 Å². The lowest BCUT2D eigenvalue weighted by atomic mass is 10.6. The van der Waals surface area contributed by atoms with Crippen molar-refractivity contribution in [2.24, 2.45) is 0 Å². The van der Waals surface area contributed by atoms with Gasteiger partial charge in [0.1, 0.15) is 0 Å². The Balaban J connectivity index is 2.77. The van der Waals surface area contributed by atoms with Crippen molar-refractivity contribution in [2.75, 3.05) is 38.0 Å². The van der Waals surface area contributed by atoms with Gasteiger partial charge < -0.3 is 14.7 Å². The molecule has 1 N–H and O–H groups in total. The number of hydrogen-bond acceptors (Lipinski definition) is 6. The molecule has 0 amide bonds. The molecular formula is C10H18N4O3S. The van der Waals surface area contributed by atoms with E-state index in [0.717, 1.165) is 5.95 Å². The van der Waals surface area contributed by atoms with Gasteiger partial charge in [-0.2, -0.15) is 0 Å². The van der Waals surface area contributed by atoms with E-state index in [1.807, 2.05) is 23.4 Å². The SMILES string of the molecule is CCn1c(SCC(=O)O)nnc1N(C)CCOC. The lowest BCUT2D eigenvalue weighted by Gasteiger charge is -2.18. The molecule has 0 fully saturated rings. The van der Waals surface area contributed by atoms with Crippen LogP contribution in [0.3, 0.4) is 0 Å². The van der Waals surface area contributed by atoms with Gasteiger partial charge in [-0.25, -0.2) is 0 Å². The monoisotopic (exact) mass is 274 g/mol. The highest BCUT2D eigenvalue weighted by Gasteiger charge is 2.15. The predicted octanol–water partition coefficient (Wildman–Crippen LogP) is 0.557. The Kier molecular flexibility index (Phi) is 5.93. The van der Waals surface area contributed by atoms with E-state index in [1.165, 1.54) is 11.8 Å². The number of aromatic nitrogens is 3. The number of likely N-dealkylation sites (N-methyl/N-ethyl adjacent to an activating group) is 1. The molecule has 8 heteroatoms. The molecule has 0 unspecified atom stereocenters. The van der Waals surface area contributed by atoms with E-state index in [1.54, 1.807) is 7.11 Å². The maximum absolute atomic E-state index is 10.5. The number of nitrogens with zero attached hydrogens (tertiary/aromatic N) is 4. The van der Waals surface area contributed by atoms with Crippen LogP contribution in [-0.4, -0.2) is 58.9 Å². The van der Waals surface area contributed by atoms with Crippen LogP contribution in [0, 0.1) is 0 Å².